The topological polar surface area (TPSA) is 66.5 Å². The SMILES string of the molecule is CN(C)C(=O)c1ccc(NS(=O)(=O)c2ccc(Cl)cc2)cc1Cl. The number of nitrogens with zero attached hydrogens (tertiary/aromatic N) is 1. The number of rotatable bonds is 4. The number of carbonyl (C=O) groups excluding carboxylic acids is 1. The van der Waals surface area contributed by atoms with E-state index < -0.39 is 10.0 Å². The van der Waals surface area contributed by atoms with Crippen LogP contribution in [0, 0.1) is 0 Å². The quantitative estimate of drug-likeness (QED) is 0.892. The summed E-state index contributed by atoms with van der Waals surface area (Å²) < 4.78 is 27.0. The lowest BCUT2D eigenvalue weighted by molar-refractivity contribution is 0.0828. The average Bonchev–Trinajstić information content (AvgIpc) is 2.46. The predicted molar refractivity (Wildman–Crippen MR) is 91.7 cm³/mol. The Morgan fingerprint density at radius 1 is 1.04 bits per heavy atom. The summed E-state index contributed by atoms with van der Waals surface area (Å²) in [5.74, 6) is -0.262. The minimum atomic E-state index is -3.76. The van der Waals surface area contributed by atoms with Crippen LogP contribution in [0.5, 0.6) is 0 Å². The van der Waals surface area contributed by atoms with Gasteiger partial charge in [0, 0.05) is 19.1 Å². The maximum atomic E-state index is 12.3. The van der Waals surface area contributed by atoms with Crippen LogP contribution in [0.1, 0.15) is 10.4 Å². The Morgan fingerprint density at radius 3 is 2.17 bits per heavy atom. The molecular weight excluding hydrogens is 359 g/mol. The summed E-state index contributed by atoms with van der Waals surface area (Å²) in [5, 5.41) is 0.610. The first-order chi connectivity index (χ1) is 10.7. The second kappa shape index (κ2) is 6.78. The summed E-state index contributed by atoms with van der Waals surface area (Å²) in [5.41, 5.74) is 0.561. The minimum Gasteiger partial charge on any atom is -0.345 e. The Hall–Kier alpha value is -1.76. The number of benzene rings is 2. The van der Waals surface area contributed by atoms with Crippen molar-refractivity contribution in [3.8, 4) is 0 Å². The van der Waals surface area contributed by atoms with Crippen LogP contribution < -0.4 is 4.72 Å². The van der Waals surface area contributed by atoms with Gasteiger partial charge in [0.1, 0.15) is 0 Å². The Bertz CT molecular complexity index is 834. The third-order valence-electron chi connectivity index (χ3n) is 2.98. The molecule has 23 heavy (non-hydrogen) atoms. The molecule has 0 saturated carbocycles. The summed E-state index contributed by atoms with van der Waals surface area (Å²) in [6.45, 7) is 0. The first kappa shape index (κ1) is 17.6. The molecule has 0 spiro atoms. The highest BCUT2D eigenvalue weighted by atomic mass is 35.5. The van der Waals surface area contributed by atoms with E-state index in [1.165, 1.54) is 47.4 Å². The molecule has 0 aliphatic heterocycles. The van der Waals surface area contributed by atoms with Crippen molar-refractivity contribution in [2.75, 3.05) is 18.8 Å². The zero-order chi connectivity index (χ0) is 17.2. The van der Waals surface area contributed by atoms with Gasteiger partial charge in [-0.15, -0.1) is 0 Å². The largest absolute Gasteiger partial charge is 0.345 e. The van der Waals surface area contributed by atoms with Crippen LogP contribution in [0.25, 0.3) is 0 Å². The van der Waals surface area contributed by atoms with Gasteiger partial charge >= 0.3 is 0 Å². The van der Waals surface area contributed by atoms with E-state index in [2.05, 4.69) is 4.72 Å². The highest BCUT2D eigenvalue weighted by Gasteiger charge is 2.17. The molecule has 5 nitrogen and oxygen atoms in total. The standard InChI is InChI=1S/C15H14Cl2N2O3S/c1-19(2)15(20)13-8-5-11(9-14(13)17)18-23(21,22)12-6-3-10(16)4-7-12/h3-9,18H,1-2H3. The number of hydrogen-bond acceptors (Lipinski definition) is 3. The van der Waals surface area contributed by atoms with Crippen LogP contribution in [0.15, 0.2) is 47.4 Å². The van der Waals surface area contributed by atoms with Crippen molar-refractivity contribution in [3.63, 3.8) is 0 Å². The second-order valence-electron chi connectivity index (χ2n) is 4.95. The summed E-state index contributed by atoms with van der Waals surface area (Å²) in [6, 6.07) is 10.1. The number of anilines is 1. The van der Waals surface area contributed by atoms with Gasteiger partial charge in [-0.1, -0.05) is 23.2 Å². The zero-order valence-corrected chi connectivity index (χ0v) is 14.7. The van der Waals surface area contributed by atoms with E-state index in [-0.39, 0.29) is 21.5 Å². The molecule has 2 aromatic rings. The van der Waals surface area contributed by atoms with Crippen LogP contribution in [-0.4, -0.2) is 33.3 Å². The molecule has 0 heterocycles. The highest BCUT2D eigenvalue weighted by Crippen LogP contribution is 2.24. The van der Waals surface area contributed by atoms with E-state index in [4.69, 9.17) is 23.2 Å². The van der Waals surface area contributed by atoms with Gasteiger partial charge in [0.05, 0.1) is 21.2 Å². The van der Waals surface area contributed by atoms with E-state index in [1.54, 1.807) is 14.1 Å². The highest BCUT2D eigenvalue weighted by molar-refractivity contribution is 7.92. The van der Waals surface area contributed by atoms with E-state index in [1.807, 2.05) is 0 Å². The lowest BCUT2D eigenvalue weighted by Gasteiger charge is -2.13. The van der Waals surface area contributed by atoms with E-state index in [0.717, 1.165) is 0 Å². The molecule has 0 fully saturated rings. The first-order valence-electron chi connectivity index (χ1n) is 6.50. The molecule has 0 bridgehead atoms. The number of amides is 1. The lowest BCUT2D eigenvalue weighted by atomic mass is 10.2. The van der Waals surface area contributed by atoms with Gasteiger partial charge in [-0.25, -0.2) is 8.42 Å². The predicted octanol–water partition coefficient (Wildman–Crippen LogP) is 3.50. The summed E-state index contributed by atoms with van der Waals surface area (Å²) in [4.78, 5) is 13.4. The van der Waals surface area contributed by atoms with Gasteiger partial charge < -0.3 is 4.90 Å². The Labute approximate surface area is 144 Å². The Kier molecular flexibility index (Phi) is 5.19. The molecule has 8 heteroatoms. The van der Waals surface area contributed by atoms with Crippen molar-refractivity contribution >= 4 is 44.8 Å². The maximum Gasteiger partial charge on any atom is 0.261 e. The summed E-state index contributed by atoms with van der Waals surface area (Å²) in [7, 11) is -0.545. The Balaban J connectivity index is 2.28. The number of sulfonamides is 1. The van der Waals surface area contributed by atoms with Crippen molar-refractivity contribution in [1.82, 2.24) is 4.90 Å². The molecule has 122 valence electrons. The van der Waals surface area contributed by atoms with Crippen LogP contribution in [0.4, 0.5) is 5.69 Å². The fourth-order valence-corrected chi connectivity index (χ4v) is 3.26. The van der Waals surface area contributed by atoms with Crippen LogP contribution in [-0.2, 0) is 10.0 Å². The number of carbonyl (C=O) groups is 1. The molecule has 0 unspecified atom stereocenters. The third kappa shape index (κ3) is 4.16. The van der Waals surface area contributed by atoms with Crippen LogP contribution in [0.2, 0.25) is 10.0 Å². The second-order valence-corrected chi connectivity index (χ2v) is 7.48. The van der Waals surface area contributed by atoms with Gasteiger partial charge in [-0.05, 0) is 42.5 Å². The zero-order valence-electron chi connectivity index (χ0n) is 12.4. The molecule has 2 aromatic carbocycles. The molecule has 0 atom stereocenters. The average molecular weight is 373 g/mol. The lowest BCUT2D eigenvalue weighted by Crippen LogP contribution is -2.22. The minimum absolute atomic E-state index is 0.0754. The third-order valence-corrected chi connectivity index (χ3v) is 4.94. The molecular formula is C15H14Cl2N2O3S. The number of hydrogen-bond donors (Lipinski definition) is 1. The molecule has 1 amide bonds. The van der Waals surface area contributed by atoms with E-state index in [9.17, 15) is 13.2 Å². The van der Waals surface area contributed by atoms with Gasteiger partial charge in [0.15, 0.2) is 0 Å². The van der Waals surface area contributed by atoms with Crippen molar-refractivity contribution in [3.05, 3.63) is 58.1 Å². The molecule has 0 aromatic heterocycles. The smallest absolute Gasteiger partial charge is 0.261 e. The maximum absolute atomic E-state index is 12.3. The van der Waals surface area contributed by atoms with Crippen LogP contribution >= 0.6 is 23.2 Å². The van der Waals surface area contributed by atoms with Crippen molar-refractivity contribution in [1.29, 1.82) is 0 Å². The van der Waals surface area contributed by atoms with Crippen molar-refractivity contribution in [2.45, 2.75) is 4.90 Å². The Morgan fingerprint density at radius 2 is 1.65 bits per heavy atom. The van der Waals surface area contributed by atoms with Crippen LogP contribution in [0.3, 0.4) is 0 Å². The van der Waals surface area contributed by atoms with Gasteiger partial charge in [0.25, 0.3) is 15.9 Å². The van der Waals surface area contributed by atoms with Crippen molar-refractivity contribution < 1.29 is 13.2 Å². The van der Waals surface area contributed by atoms with Crippen molar-refractivity contribution in [2.24, 2.45) is 0 Å². The fourth-order valence-electron chi connectivity index (χ4n) is 1.82. The van der Waals surface area contributed by atoms with Gasteiger partial charge in [-0.3, -0.25) is 9.52 Å². The fraction of sp³-hybridized carbons (Fsp3) is 0.133. The number of halogens is 2. The summed E-state index contributed by atoms with van der Waals surface area (Å²) >= 11 is 11.8. The molecule has 0 aliphatic rings. The molecule has 1 N–H and O–H groups in total. The molecule has 2 rings (SSSR count). The monoisotopic (exact) mass is 372 g/mol. The molecule has 0 radical (unpaired) electrons. The number of nitrogens with one attached hydrogen (secondary N) is 1. The van der Waals surface area contributed by atoms with E-state index in [0.29, 0.717) is 10.6 Å². The molecule has 0 saturated heterocycles. The van der Waals surface area contributed by atoms with Gasteiger partial charge in [0.2, 0.25) is 0 Å². The first-order valence-corrected chi connectivity index (χ1v) is 8.74. The molecule has 0 aliphatic carbocycles. The van der Waals surface area contributed by atoms with E-state index >= 15 is 0 Å². The van der Waals surface area contributed by atoms with Gasteiger partial charge in [-0.2, -0.15) is 0 Å². The summed E-state index contributed by atoms with van der Waals surface area (Å²) in [6.07, 6.45) is 0. The normalized spacial score (nSPS) is 11.1.